The van der Waals surface area contributed by atoms with Crippen molar-refractivity contribution < 1.29 is 38.7 Å². The first kappa shape index (κ1) is 37.3. The first-order valence-electron chi connectivity index (χ1n) is 16.5. The lowest BCUT2D eigenvalue weighted by Crippen LogP contribution is -2.35. The molecule has 0 bridgehead atoms. The normalized spacial score (nSPS) is 17.8. The summed E-state index contributed by atoms with van der Waals surface area (Å²) in [5.41, 5.74) is -0.104. The molecule has 3 rings (SSSR count). The quantitative estimate of drug-likeness (QED) is 0.111. The largest absolute Gasteiger partial charge is 0.508 e. The number of hydrogen-bond donors (Lipinski definition) is 3. The molecular formula is C31H51N5O10. The topological polar surface area (TPSA) is 189 Å². The number of ether oxygens (including phenoxy) is 5. The van der Waals surface area contributed by atoms with Crippen LogP contribution in [-0.4, -0.2) is 99.4 Å². The maximum absolute atomic E-state index is 12.6. The standard InChI is InChI=1S/C31H51N5O10/c1-2-3-4-5-6-7-8-9-10-11-12-25-22-35(34-33-25)20-24-21-36(30(40)32-29(24)39)28-19-26(38)27(46-28)23-45-31(41)44-18-17-43-16-15-42-14-13-37/h21-22,26-28,37-38H,2-20,23H2,1H3,(H,32,39,40)/t26-,27+,28+/m0/s1. The average molecular weight is 654 g/mol. The Hall–Kier alpha value is -3.11. The van der Waals surface area contributed by atoms with Gasteiger partial charge in [-0.05, 0) is 12.8 Å². The van der Waals surface area contributed by atoms with Gasteiger partial charge in [0.25, 0.3) is 5.56 Å². The Labute approximate surface area is 269 Å². The lowest BCUT2D eigenvalue weighted by Gasteiger charge is -2.16. The van der Waals surface area contributed by atoms with E-state index in [0.29, 0.717) is 6.61 Å². The number of H-pyrrole nitrogens is 1. The lowest BCUT2D eigenvalue weighted by molar-refractivity contribution is -0.0611. The third-order valence-electron chi connectivity index (χ3n) is 7.68. The van der Waals surface area contributed by atoms with Gasteiger partial charge in [0.2, 0.25) is 0 Å². The SMILES string of the molecule is CCCCCCCCCCCCc1cn(Cc2cn([C@H]3C[C@H](O)[C@@H](COC(=O)OCCOCCOCCO)O3)c(=O)[nH]c2=O)nn1. The van der Waals surface area contributed by atoms with Gasteiger partial charge >= 0.3 is 11.8 Å². The van der Waals surface area contributed by atoms with Gasteiger partial charge in [-0.15, -0.1) is 5.10 Å². The van der Waals surface area contributed by atoms with Gasteiger partial charge in [0.05, 0.1) is 56.9 Å². The van der Waals surface area contributed by atoms with Crippen molar-refractivity contribution in [2.24, 2.45) is 0 Å². The molecule has 0 amide bonds. The minimum absolute atomic E-state index is 0.0440. The second-order valence-corrected chi connectivity index (χ2v) is 11.5. The summed E-state index contributed by atoms with van der Waals surface area (Å²) in [5.74, 6) is 0. The Morgan fingerprint density at radius 1 is 0.957 bits per heavy atom. The van der Waals surface area contributed by atoms with E-state index in [9.17, 15) is 19.5 Å². The minimum atomic E-state index is -1.02. The minimum Gasteiger partial charge on any atom is -0.432 e. The molecule has 2 aromatic heterocycles. The average Bonchev–Trinajstić information content (AvgIpc) is 3.65. The molecule has 2 aromatic rings. The Morgan fingerprint density at radius 2 is 1.63 bits per heavy atom. The zero-order valence-electron chi connectivity index (χ0n) is 27.0. The van der Waals surface area contributed by atoms with Crippen LogP contribution in [0.3, 0.4) is 0 Å². The molecule has 1 fully saturated rings. The number of carbonyl (C=O) groups is 1. The van der Waals surface area contributed by atoms with Crippen LogP contribution in [-0.2, 0) is 36.6 Å². The second-order valence-electron chi connectivity index (χ2n) is 11.5. The van der Waals surface area contributed by atoms with Crippen LogP contribution in [0.1, 0.15) is 95.0 Å². The van der Waals surface area contributed by atoms with Gasteiger partial charge in [-0.25, -0.2) is 14.3 Å². The number of unbranched alkanes of at least 4 members (excludes halogenated alkanes) is 9. The van der Waals surface area contributed by atoms with Crippen molar-refractivity contribution in [3.8, 4) is 0 Å². The van der Waals surface area contributed by atoms with Crippen molar-refractivity contribution >= 4 is 6.16 Å². The third-order valence-corrected chi connectivity index (χ3v) is 7.68. The number of aromatic amines is 1. The van der Waals surface area contributed by atoms with Crippen LogP contribution in [0.5, 0.6) is 0 Å². The highest BCUT2D eigenvalue weighted by atomic mass is 16.7. The predicted molar refractivity (Wildman–Crippen MR) is 167 cm³/mol. The summed E-state index contributed by atoms with van der Waals surface area (Å²) in [6.07, 6.45) is 12.9. The molecule has 0 saturated carbocycles. The molecule has 0 unspecified atom stereocenters. The molecule has 1 saturated heterocycles. The van der Waals surface area contributed by atoms with Crippen LogP contribution in [0.25, 0.3) is 0 Å². The van der Waals surface area contributed by atoms with Crippen molar-refractivity contribution in [1.29, 1.82) is 0 Å². The van der Waals surface area contributed by atoms with Crippen molar-refractivity contribution in [2.75, 3.05) is 46.2 Å². The number of nitrogens with zero attached hydrogens (tertiary/aromatic N) is 4. The summed E-state index contributed by atoms with van der Waals surface area (Å²) in [7, 11) is 0. The van der Waals surface area contributed by atoms with Gasteiger partial charge in [-0.1, -0.05) is 69.9 Å². The van der Waals surface area contributed by atoms with Gasteiger partial charge in [-0.2, -0.15) is 0 Å². The molecule has 1 aliphatic heterocycles. The van der Waals surface area contributed by atoms with Crippen LogP contribution >= 0.6 is 0 Å². The van der Waals surface area contributed by atoms with E-state index >= 15 is 0 Å². The van der Waals surface area contributed by atoms with Crippen molar-refractivity contribution in [3.63, 3.8) is 0 Å². The van der Waals surface area contributed by atoms with Crippen LogP contribution in [0.15, 0.2) is 22.0 Å². The molecule has 46 heavy (non-hydrogen) atoms. The Balaban J connectivity index is 1.39. The number of aliphatic hydroxyl groups excluding tert-OH is 2. The molecule has 0 aromatic carbocycles. The van der Waals surface area contributed by atoms with E-state index in [-0.39, 0.29) is 58.2 Å². The predicted octanol–water partition coefficient (Wildman–Crippen LogP) is 2.47. The Kier molecular flexibility index (Phi) is 17.6. The molecule has 15 heteroatoms. The van der Waals surface area contributed by atoms with E-state index in [1.165, 1.54) is 62.1 Å². The van der Waals surface area contributed by atoms with Crippen LogP contribution in [0.2, 0.25) is 0 Å². The van der Waals surface area contributed by atoms with E-state index in [2.05, 4.69) is 22.2 Å². The van der Waals surface area contributed by atoms with E-state index in [1.54, 1.807) is 4.68 Å². The third kappa shape index (κ3) is 13.7. The number of rotatable bonds is 24. The molecule has 0 aliphatic carbocycles. The fourth-order valence-electron chi connectivity index (χ4n) is 5.15. The van der Waals surface area contributed by atoms with Gasteiger partial charge < -0.3 is 33.9 Å². The van der Waals surface area contributed by atoms with E-state index in [0.717, 1.165) is 25.0 Å². The number of nitrogens with one attached hydrogen (secondary N) is 1. The highest BCUT2D eigenvalue weighted by molar-refractivity contribution is 5.59. The maximum atomic E-state index is 12.6. The number of hydrogen-bond acceptors (Lipinski definition) is 12. The van der Waals surface area contributed by atoms with Gasteiger partial charge in [0.1, 0.15) is 25.5 Å². The highest BCUT2D eigenvalue weighted by Crippen LogP contribution is 2.28. The summed E-state index contributed by atoms with van der Waals surface area (Å²) in [5, 5.41) is 27.5. The van der Waals surface area contributed by atoms with E-state index < -0.39 is 35.8 Å². The van der Waals surface area contributed by atoms with Crippen molar-refractivity contribution in [2.45, 2.75) is 109 Å². The smallest absolute Gasteiger partial charge is 0.432 e. The van der Waals surface area contributed by atoms with Crippen LogP contribution < -0.4 is 11.2 Å². The first-order chi connectivity index (χ1) is 22.4. The summed E-state index contributed by atoms with van der Waals surface area (Å²) in [6.45, 7) is 2.89. The Bertz CT molecular complexity index is 1250. The van der Waals surface area contributed by atoms with Gasteiger partial charge in [0.15, 0.2) is 0 Å². The van der Waals surface area contributed by atoms with E-state index in [4.69, 9.17) is 28.8 Å². The fraction of sp³-hybridized carbons (Fsp3) is 0.774. The van der Waals surface area contributed by atoms with Crippen molar-refractivity contribution in [1.82, 2.24) is 24.5 Å². The zero-order chi connectivity index (χ0) is 33.0. The van der Waals surface area contributed by atoms with Crippen LogP contribution in [0.4, 0.5) is 4.79 Å². The number of carbonyl (C=O) groups excluding carboxylic acids is 1. The summed E-state index contributed by atoms with van der Waals surface area (Å²) >= 11 is 0. The molecule has 3 heterocycles. The molecule has 0 radical (unpaired) electrons. The first-order valence-corrected chi connectivity index (χ1v) is 16.5. The number of aliphatic hydroxyl groups is 2. The monoisotopic (exact) mass is 653 g/mol. The summed E-state index contributed by atoms with van der Waals surface area (Å²) < 4.78 is 28.8. The number of aromatic nitrogens is 5. The molecule has 3 atom stereocenters. The van der Waals surface area contributed by atoms with Crippen molar-refractivity contribution in [3.05, 3.63) is 44.5 Å². The summed E-state index contributed by atoms with van der Waals surface area (Å²) in [6, 6.07) is 0. The maximum Gasteiger partial charge on any atom is 0.508 e. The molecule has 1 aliphatic rings. The highest BCUT2D eigenvalue weighted by Gasteiger charge is 2.36. The molecule has 0 spiro atoms. The molecule has 260 valence electrons. The fourth-order valence-corrected chi connectivity index (χ4v) is 5.15. The van der Waals surface area contributed by atoms with Gasteiger partial charge in [-0.3, -0.25) is 14.3 Å². The molecule has 3 N–H and O–H groups in total. The molecule has 15 nitrogen and oxygen atoms in total. The van der Waals surface area contributed by atoms with Gasteiger partial charge in [0, 0.05) is 18.8 Å². The number of aryl methyl sites for hydroxylation is 1. The molecular weight excluding hydrogens is 602 g/mol. The van der Waals surface area contributed by atoms with Crippen LogP contribution in [0, 0.1) is 0 Å². The lowest BCUT2D eigenvalue weighted by atomic mass is 10.1. The van der Waals surface area contributed by atoms with E-state index in [1.807, 2.05) is 6.20 Å². The second kappa shape index (κ2) is 21.6. The summed E-state index contributed by atoms with van der Waals surface area (Å²) in [4.78, 5) is 39.4. The zero-order valence-corrected chi connectivity index (χ0v) is 27.0. The Morgan fingerprint density at radius 3 is 2.35 bits per heavy atom.